The van der Waals surface area contributed by atoms with Crippen LogP contribution in [0.4, 0.5) is 0 Å². The van der Waals surface area contributed by atoms with E-state index in [0.717, 1.165) is 0 Å². The van der Waals surface area contributed by atoms with Crippen LogP contribution in [-0.4, -0.2) is 37.7 Å². The zero-order valence-corrected chi connectivity index (χ0v) is 16.9. The molecule has 0 aliphatic carbocycles. The zero-order chi connectivity index (χ0) is 0. The molecule has 0 fully saturated rings. The second-order valence-electron chi connectivity index (χ2n) is 0. The van der Waals surface area contributed by atoms with Crippen LogP contribution in [0.2, 0.25) is 0 Å². The van der Waals surface area contributed by atoms with Gasteiger partial charge in [-0.2, -0.15) is 0 Å². The van der Waals surface area contributed by atoms with Crippen molar-refractivity contribution in [2.24, 2.45) is 0 Å². The second kappa shape index (κ2) is 31.9. The number of hydrogen-bond acceptors (Lipinski definition) is 1. The summed E-state index contributed by atoms with van der Waals surface area (Å²) in [5, 5.41) is 0. The van der Waals surface area contributed by atoms with E-state index in [9.17, 15) is 0 Å². The Morgan fingerprint density at radius 3 is 1.17 bits per heavy atom. The van der Waals surface area contributed by atoms with Crippen LogP contribution < -0.4 is 75.0 Å². The molecule has 6 heavy (non-hydrogen) atoms. The number of hydrogen-bond donors (Lipinski definition) is 1. The molecule has 0 rings (SSSR count). The van der Waals surface area contributed by atoms with E-state index in [4.69, 9.17) is 0 Å². The Kier molecular flexibility index (Phi) is 228. The van der Waals surface area contributed by atoms with Gasteiger partial charge >= 0.3 is 107 Å². The van der Waals surface area contributed by atoms with E-state index >= 15 is 0 Å². The molecule has 6 heteroatoms. The third kappa shape index (κ3) is 22.9. The summed E-state index contributed by atoms with van der Waals surface area (Å²) in [5.74, 6) is 0. The van der Waals surface area contributed by atoms with Gasteiger partial charge in [0.2, 0.25) is 0 Å². The molecule has 0 amide bonds. The van der Waals surface area contributed by atoms with Crippen molar-refractivity contribution in [3.8, 4) is 0 Å². The quantitative estimate of drug-likeness (QED) is 0.341. The van der Waals surface area contributed by atoms with Gasteiger partial charge in [-0.15, -0.1) is 24.0 Å². The van der Waals surface area contributed by atoms with Crippen molar-refractivity contribution in [2.45, 2.75) is 0 Å². The van der Waals surface area contributed by atoms with Gasteiger partial charge in [0.25, 0.3) is 0 Å². The molecular weight excluding hydrogens is 425 g/mol. The fourth-order valence-electron chi connectivity index (χ4n) is 0. The normalized spacial score (nSPS) is 0. The SMILES string of the molecule is I.N.[Ca+2].[Cs+].[Cu].[H-].[H-].[H-].[Ti]. The molecule has 0 unspecified atom stereocenters. The van der Waals surface area contributed by atoms with Crippen LogP contribution in [-0.2, 0) is 38.8 Å². The molecule has 0 aromatic carbocycles. The molecule has 0 bridgehead atoms. The van der Waals surface area contributed by atoms with Crippen LogP contribution in [0.3, 0.4) is 0 Å². The summed E-state index contributed by atoms with van der Waals surface area (Å²) < 4.78 is 0. The van der Waals surface area contributed by atoms with E-state index in [-0.39, 0.29) is 180 Å². The van der Waals surface area contributed by atoms with Crippen molar-refractivity contribution in [2.75, 3.05) is 0 Å². The fraction of sp³-hybridized carbons (Fsp3) is 0. The minimum Gasteiger partial charge on any atom is -1.00 e. The van der Waals surface area contributed by atoms with Gasteiger partial charge in [-0.3, -0.25) is 0 Å². The molecule has 0 aromatic rings. The maximum absolute atomic E-state index is 0. The van der Waals surface area contributed by atoms with Gasteiger partial charge in [0.15, 0.2) is 0 Å². The second-order valence-corrected chi connectivity index (χ2v) is 0. The van der Waals surface area contributed by atoms with Crippen molar-refractivity contribution in [1.82, 2.24) is 6.15 Å². The van der Waals surface area contributed by atoms with E-state index in [2.05, 4.69) is 0 Å². The van der Waals surface area contributed by atoms with Crippen molar-refractivity contribution in [3.63, 3.8) is 0 Å². The van der Waals surface area contributed by atoms with Gasteiger partial charge in [0, 0.05) is 38.8 Å². The van der Waals surface area contributed by atoms with Crippen LogP contribution in [0, 0.1) is 0 Å². The Bertz CT molecular complexity index is 23.8. The van der Waals surface area contributed by atoms with E-state index < -0.39 is 0 Å². The monoisotopic (exact) mass is 432 g/mol. The minimum absolute atomic E-state index is 0. The molecule has 0 aliphatic heterocycles. The molecule has 0 heterocycles. The fourth-order valence-corrected chi connectivity index (χ4v) is 0. The summed E-state index contributed by atoms with van der Waals surface area (Å²) in [6.45, 7) is 0. The van der Waals surface area contributed by atoms with Crippen LogP contribution in [0.1, 0.15) is 4.28 Å². The third-order valence-electron chi connectivity index (χ3n) is 0. The molecule has 0 aliphatic rings. The molecule has 0 atom stereocenters. The number of rotatable bonds is 0. The van der Waals surface area contributed by atoms with E-state index in [1.807, 2.05) is 0 Å². The molecule has 0 spiro atoms. The molecule has 0 aromatic heterocycles. The first-order chi connectivity index (χ1) is 0. The summed E-state index contributed by atoms with van der Waals surface area (Å²) in [7, 11) is 0. The first-order valence-electron chi connectivity index (χ1n) is 0. The smallest absolute Gasteiger partial charge is 1.00 e. The van der Waals surface area contributed by atoms with Gasteiger partial charge in [0.05, 0.1) is 0 Å². The summed E-state index contributed by atoms with van der Waals surface area (Å²) in [5.41, 5.74) is 0. The van der Waals surface area contributed by atoms with Gasteiger partial charge in [-0.25, -0.2) is 0 Å². The average Bonchev–Trinajstić information content (AvgIpc) is 0. The molecule has 1 radical (unpaired) electrons. The summed E-state index contributed by atoms with van der Waals surface area (Å²) in [6, 6.07) is 0. The first-order valence-corrected chi connectivity index (χ1v) is 0. The molecule has 37 valence electrons. The zero-order valence-electron chi connectivity index (χ0n) is 6.62. The van der Waals surface area contributed by atoms with Gasteiger partial charge in [-0.1, -0.05) is 0 Å². The van der Waals surface area contributed by atoms with Crippen molar-refractivity contribution in [3.05, 3.63) is 0 Å². The van der Waals surface area contributed by atoms with Crippen molar-refractivity contribution >= 4 is 61.7 Å². The number of halogens is 1. The van der Waals surface area contributed by atoms with Crippen LogP contribution in [0.5, 0.6) is 0 Å². The standard InChI is InChI=1S/Ca.Cs.Cu.HI.H3N.Ti.3H/h;;;1H;1H3;;;;/q+2;+1;;;;;3*-1. The first kappa shape index (κ1) is 42.9. The van der Waals surface area contributed by atoms with Gasteiger partial charge in [0.1, 0.15) is 0 Å². The van der Waals surface area contributed by atoms with Crippen LogP contribution >= 0.6 is 24.0 Å². The van der Waals surface area contributed by atoms with E-state index in [1.54, 1.807) is 0 Å². The summed E-state index contributed by atoms with van der Waals surface area (Å²) >= 11 is 0. The topological polar surface area (TPSA) is 35.0 Å². The maximum Gasteiger partial charge on any atom is 2.00 e. The predicted octanol–water partition coefficient (Wildman–Crippen LogP) is -2.26. The Morgan fingerprint density at radius 1 is 1.17 bits per heavy atom. The predicted molar refractivity (Wildman–Crippen MR) is 29.5 cm³/mol. The summed E-state index contributed by atoms with van der Waals surface area (Å²) in [6.07, 6.45) is 0. The minimum atomic E-state index is 0. The Balaban J connectivity index is 0. The van der Waals surface area contributed by atoms with E-state index in [0.29, 0.717) is 0 Å². The Morgan fingerprint density at radius 2 is 1.17 bits per heavy atom. The largest absolute Gasteiger partial charge is 2.00 e. The Hall–Kier alpha value is 5.24. The third-order valence-corrected chi connectivity index (χ3v) is 0. The molecule has 0 saturated carbocycles. The Labute approximate surface area is 174 Å². The van der Waals surface area contributed by atoms with Crippen LogP contribution in [0.15, 0.2) is 0 Å². The maximum atomic E-state index is 0. The van der Waals surface area contributed by atoms with Crippen molar-refractivity contribution < 1.29 is 112 Å². The summed E-state index contributed by atoms with van der Waals surface area (Å²) in [4.78, 5) is 0. The van der Waals surface area contributed by atoms with Gasteiger partial charge < -0.3 is 10.4 Å². The van der Waals surface area contributed by atoms with Crippen molar-refractivity contribution in [1.29, 1.82) is 0 Å². The molecule has 0 saturated heterocycles. The van der Waals surface area contributed by atoms with E-state index in [1.165, 1.54) is 0 Å². The van der Waals surface area contributed by atoms with Gasteiger partial charge in [-0.05, 0) is 0 Å². The van der Waals surface area contributed by atoms with Crippen LogP contribution in [0.25, 0.3) is 0 Å². The molecule has 3 N–H and O–H groups in total. The molecular formula is H7CaCsCuINTi. The average molecular weight is 432 g/mol. The molecule has 1 nitrogen and oxygen atoms in total.